The Morgan fingerprint density at radius 1 is 0.923 bits per heavy atom. The second kappa shape index (κ2) is 7.82. The predicted molar refractivity (Wildman–Crippen MR) is 105 cm³/mol. The SMILES string of the molecule is Cc1cccc(Nc2cnnc(Nc3ccccc3OC(C)C)n2)c1C. The summed E-state index contributed by atoms with van der Waals surface area (Å²) in [5, 5.41) is 14.6. The molecule has 0 radical (unpaired) electrons. The van der Waals surface area contributed by atoms with Crippen molar-refractivity contribution in [3.8, 4) is 5.75 Å². The van der Waals surface area contributed by atoms with Crippen molar-refractivity contribution in [3.63, 3.8) is 0 Å². The lowest BCUT2D eigenvalue weighted by atomic mass is 10.1. The van der Waals surface area contributed by atoms with Crippen molar-refractivity contribution >= 4 is 23.1 Å². The molecule has 0 aliphatic rings. The van der Waals surface area contributed by atoms with Gasteiger partial charge in [-0.25, -0.2) is 0 Å². The minimum absolute atomic E-state index is 0.0780. The molecule has 26 heavy (non-hydrogen) atoms. The molecule has 0 aliphatic carbocycles. The molecule has 2 aromatic carbocycles. The van der Waals surface area contributed by atoms with Crippen LogP contribution in [0, 0.1) is 13.8 Å². The molecule has 0 saturated heterocycles. The molecule has 0 unspecified atom stereocenters. The van der Waals surface area contributed by atoms with Gasteiger partial charge < -0.3 is 15.4 Å². The standard InChI is InChI=1S/C20H23N5O/c1-13(2)26-18-11-6-5-9-17(18)23-20-24-19(12-21-25-20)22-16-10-7-8-14(3)15(16)4/h5-13H,1-4H3,(H2,22,23,24,25). The number of hydrogen-bond donors (Lipinski definition) is 2. The lowest BCUT2D eigenvalue weighted by Gasteiger charge is -2.15. The molecule has 6 heteroatoms. The fourth-order valence-corrected chi connectivity index (χ4v) is 2.49. The maximum atomic E-state index is 5.82. The number of para-hydroxylation sites is 2. The quantitative estimate of drug-likeness (QED) is 0.668. The van der Waals surface area contributed by atoms with E-state index in [0.717, 1.165) is 17.1 Å². The number of aromatic nitrogens is 3. The first-order valence-electron chi connectivity index (χ1n) is 8.58. The molecule has 0 fully saturated rings. The van der Waals surface area contributed by atoms with Crippen molar-refractivity contribution in [3.05, 3.63) is 59.8 Å². The van der Waals surface area contributed by atoms with Gasteiger partial charge >= 0.3 is 0 Å². The van der Waals surface area contributed by atoms with E-state index in [1.54, 1.807) is 6.20 Å². The van der Waals surface area contributed by atoms with E-state index in [-0.39, 0.29) is 6.10 Å². The molecular formula is C20H23N5O. The number of aryl methyl sites for hydroxylation is 1. The lowest BCUT2D eigenvalue weighted by molar-refractivity contribution is 0.244. The summed E-state index contributed by atoms with van der Waals surface area (Å²) in [4.78, 5) is 4.50. The van der Waals surface area contributed by atoms with Crippen LogP contribution in [0.1, 0.15) is 25.0 Å². The van der Waals surface area contributed by atoms with Gasteiger partial charge in [0.2, 0.25) is 5.95 Å². The maximum Gasteiger partial charge on any atom is 0.249 e. The van der Waals surface area contributed by atoms with Gasteiger partial charge in [0.15, 0.2) is 5.82 Å². The van der Waals surface area contributed by atoms with Crippen LogP contribution in [0.15, 0.2) is 48.7 Å². The Hall–Kier alpha value is -3.15. The highest BCUT2D eigenvalue weighted by Crippen LogP contribution is 2.27. The third kappa shape index (κ3) is 4.27. The number of anilines is 4. The third-order valence-electron chi connectivity index (χ3n) is 3.92. The van der Waals surface area contributed by atoms with Crippen molar-refractivity contribution in [2.75, 3.05) is 10.6 Å². The minimum Gasteiger partial charge on any atom is -0.489 e. The first-order valence-corrected chi connectivity index (χ1v) is 8.58. The Bertz CT molecular complexity index is 895. The average Bonchev–Trinajstić information content (AvgIpc) is 2.61. The Kier molecular flexibility index (Phi) is 5.31. The van der Waals surface area contributed by atoms with E-state index in [1.807, 2.05) is 50.2 Å². The van der Waals surface area contributed by atoms with Crippen LogP contribution in [-0.2, 0) is 0 Å². The van der Waals surface area contributed by atoms with E-state index in [1.165, 1.54) is 11.1 Å². The van der Waals surface area contributed by atoms with Gasteiger partial charge in [0, 0.05) is 5.69 Å². The van der Waals surface area contributed by atoms with Gasteiger partial charge in [0.05, 0.1) is 18.0 Å². The summed E-state index contributed by atoms with van der Waals surface area (Å²) < 4.78 is 5.82. The van der Waals surface area contributed by atoms with E-state index in [9.17, 15) is 0 Å². The number of benzene rings is 2. The van der Waals surface area contributed by atoms with Crippen LogP contribution in [0.5, 0.6) is 5.75 Å². The van der Waals surface area contributed by atoms with Crippen LogP contribution in [0.25, 0.3) is 0 Å². The van der Waals surface area contributed by atoms with Gasteiger partial charge in [0.1, 0.15) is 5.75 Å². The molecule has 0 spiro atoms. The van der Waals surface area contributed by atoms with Crippen LogP contribution in [-0.4, -0.2) is 21.3 Å². The fourth-order valence-electron chi connectivity index (χ4n) is 2.49. The van der Waals surface area contributed by atoms with E-state index < -0.39 is 0 Å². The Morgan fingerprint density at radius 3 is 2.50 bits per heavy atom. The van der Waals surface area contributed by atoms with Crippen LogP contribution in [0.4, 0.5) is 23.1 Å². The number of nitrogens with zero attached hydrogens (tertiary/aromatic N) is 3. The van der Waals surface area contributed by atoms with Crippen LogP contribution < -0.4 is 15.4 Å². The Balaban J connectivity index is 1.81. The molecule has 1 aromatic heterocycles. The zero-order chi connectivity index (χ0) is 18.5. The number of hydrogen-bond acceptors (Lipinski definition) is 6. The van der Waals surface area contributed by atoms with Crippen molar-refractivity contribution in [1.29, 1.82) is 0 Å². The number of rotatable bonds is 6. The summed E-state index contributed by atoms with van der Waals surface area (Å²) in [6, 6.07) is 13.8. The molecule has 0 aliphatic heterocycles. The van der Waals surface area contributed by atoms with Crippen molar-refractivity contribution < 1.29 is 4.74 Å². The lowest BCUT2D eigenvalue weighted by Crippen LogP contribution is -2.08. The predicted octanol–water partition coefficient (Wildman–Crippen LogP) is 4.76. The number of ether oxygens (including phenoxy) is 1. The molecular weight excluding hydrogens is 326 g/mol. The largest absolute Gasteiger partial charge is 0.489 e. The fraction of sp³-hybridized carbons (Fsp3) is 0.250. The van der Waals surface area contributed by atoms with Gasteiger partial charge in [-0.2, -0.15) is 10.1 Å². The number of nitrogens with one attached hydrogen (secondary N) is 2. The minimum atomic E-state index is 0.0780. The second-order valence-corrected chi connectivity index (χ2v) is 6.33. The van der Waals surface area contributed by atoms with Crippen LogP contribution in [0.2, 0.25) is 0 Å². The molecule has 0 atom stereocenters. The van der Waals surface area contributed by atoms with Crippen molar-refractivity contribution in [2.45, 2.75) is 33.8 Å². The maximum absolute atomic E-state index is 5.82. The summed E-state index contributed by atoms with van der Waals surface area (Å²) >= 11 is 0. The van der Waals surface area contributed by atoms with Crippen molar-refractivity contribution in [2.24, 2.45) is 0 Å². The zero-order valence-corrected chi connectivity index (χ0v) is 15.4. The van der Waals surface area contributed by atoms with Crippen LogP contribution >= 0.6 is 0 Å². The van der Waals surface area contributed by atoms with Crippen molar-refractivity contribution in [1.82, 2.24) is 15.2 Å². The highest BCUT2D eigenvalue weighted by Gasteiger charge is 2.09. The zero-order valence-electron chi connectivity index (χ0n) is 15.4. The molecule has 3 aromatic rings. The smallest absolute Gasteiger partial charge is 0.249 e. The van der Waals surface area contributed by atoms with E-state index >= 15 is 0 Å². The van der Waals surface area contributed by atoms with E-state index in [0.29, 0.717) is 11.8 Å². The first-order chi connectivity index (χ1) is 12.5. The Morgan fingerprint density at radius 2 is 1.69 bits per heavy atom. The first kappa shape index (κ1) is 17.7. The molecule has 0 saturated carbocycles. The van der Waals surface area contributed by atoms with Gasteiger partial charge in [-0.1, -0.05) is 24.3 Å². The molecule has 3 rings (SSSR count). The topological polar surface area (TPSA) is 72.0 Å². The normalized spacial score (nSPS) is 10.7. The molecule has 0 amide bonds. The summed E-state index contributed by atoms with van der Waals surface area (Å²) in [6.07, 6.45) is 1.68. The molecule has 0 bridgehead atoms. The Labute approximate surface area is 153 Å². The monoisotopic (exact) mass is 349 g/mol. The van der Waals surface area contributed by atoms with E-state index in [4.69, 9.17) is 4.74 Å². The third-order valence-corrected chi connectivity index (χ3v) is 3.92. The highest BCUT2D eigenvalue weighted by molar-refractivity contribution is 5.65. The summed E-state index contributed by atoms with van der Waals surface area (Å²) in [5.41, 5.74) is 4.19. The molecule has 134 valence electrons. The highest BCUT2D eigenvalue weighted by atomic mass is 16.5. The van der Waals surface area contributed by atoms with Gasteiger partial charge in [-0.3, -0.25) is 0 Å². The van der Waals surface area contributed by atoms with Crippen LogP contribution in [0.3, 0.4) is 0 Å². The second-order valence-electron chi connectivity index (χ2n) is 6.33. The molecule has 6 nitrogen and oxygen atoms in total. The summed E-state index contributed by atoms with van der Waals surface area (Å²) in [6.45, 7) is 8.13. The molecule has 2 N–H and O–H groups in total. The molecule has 1 heterocycles. The van der Waals surface area contributed by atoms with Gasteiger partial charge in [-0.05, 0) is 57.0 Å². The summed E-state index contributed by atoms with van der Waals surface area (Å²) in [5.74, 6) is 1.78. The van der Waals surface area contributed by atoms with E-state index in [2.05, 4.69) is 45.7 Å². The van der Waals surface area contributed by atoms with Gasteiger partial charge in [0.25, 0.3) is 0 Å². The average molecular weight is 349 g/mol. The summed E-state index contributed by atoms with van der Waals surface area (Å²) in [7, 11) is 0. The van der Waals surface area contributed by atoms with Gasteiger partial charge in [-0.15, -0.1) is 5.10 Å².